The molecule has 176 valence electrons. The van der Waals surface area contributed by atoms with Gasteiger partial charge in [0, 0.05) is 24.1 Å². The molecule has 8 heteroatoms. The first kappa shape index (κ1) is 29.1. The number of hydrogen-bond acceptors (Lipinski definition) is 2. The first-order valence-corrected chi connectivity index (χ1v) is 11.6. The third-order valence-corrected chi connectivity index (χ3v) is 5.04. The number of carbonyl (C=O) groups excluding carboxylic acids is 1. The van der Waals surface area contributed by atoms with Crippen LogP contribution in [0.2, 0.25) is 0 Å². The first-order chi connectivity index (χ1) is 14.8. The molecule has 0 aliphatic heterocycles. The van der Waals surface area contributed by atoms with Crippen molar-refractivity contribution in [3.05, 3.63) is 34.8 Å². The van der Waals surface area contributed by atoms with Gasteiger partial charge in [-0.3, -0.25) is 4.79 Å². The predicted molar refractivity (Wildman–Crippen MR) is 121 cm³/mol. The van der Waals surface area contributed by atoms with E-state index in [1.165, 1.54) is 77.0 Å². The number of Topliss-reactive ketones (excluding diaryl/α,β-unsaturated/α-hetero) is 1. The molecule has 0 bridgehead atoms. The van der Waals surface area contributed by atoms with Crippen LogP contribution < -0.4 is 0 Å². The quantitative estimate of drug-likeness (QED) is 0.0838. The minimum Gasteiger partial charge on any atom is -0.418 e. The highest BCUT2D eigenvalue weighted by Gasteiger charge is 2.20. The van der Waals surface area contributed by atoms with E-state index in [2.05, 4.69) is 11.9 Å². The lowest BCUT2D eigenvalue weighted by Gasteiger charge is -2.03. The lowest BCUT2D eigenvalue weighted by atomic mass is 10.0. The summed E-state index contributed by atoms with van der Waals surface area (Å²) in [7, 11) is -6.00. The van der Waals surface area contributed by atoms with E-state index in [0.29, 0.717) is 17.7 Å². The summed E-state index contributed by atoms with van der Waals surface area (Å²) in [5.74, 6) is 0.148. The van der Waals surface area contributed by atoms with Crippen LogP contribution in [0.1, 0.15) is 114 Å². The van der Waals surface area contributed by atoms with Gasteiger partial charge in [0.1, 0.15) is 0 Å². The number of nitrogens with zero attached hydrogens (tertiary/aromatic N) is 2. The fourth-order valence-corrected chi connectivity index (χ4v) is 3.37. The summed E-state index contributed by atoms with van der Waals surface area (Å²) in [6.45, 7) is 2.27. The van der Waals surface area contributed by atoms with E-state index in [1.54, 1.807) is 24.3 Å². The molecule has 1 rings (SSSR count). The Morgan fingerprint density at radius 1 is 0.806 bits per heavy atom. The molecule has 0 unspecified atom stereocenters. The SMILES string of the molecule is CCCCCCCCCCCCCCCCC(=O)c1cccc([N+]#N)c1.F[B-](F)(F)F. The van der Waals surface area contributed by atoms with Gasteiger partial charge in [-0.15, -0.1) is 0 Å². The average Bonchev–Trinajstić information content (AvgIpc) is 2.72. The molecule has 0 radical (unpaired) electrons. The number of benzene rings is 1. The fraction of sp³-hybridized carbons (Fsp3) is 0.696. The molecule has 0 aliphatic rings. The summed E-state index contributed by atoms with van der Waals surface area (Å²) in [4.78, 5) is 15.2. The summed E-state index contributed by atoms with van der Waals surface area (Å²) >= 11 is 0. The van der Waals surface area contributed by atoms with Crippen molar-refractivity contribution >= 4 is 18.7 Å². The zero-order valence-electron chi connectivity index (χ0n) is 18.8. The second-order valence-electron chi connectivity index (χ2n) is 7.91. The summed E-state index contributed by atoms with van der Waals surface area (Å²) in [6.07, 6.45) is 19.1. The van der Waals surface area contributed by atoms with E-state index in [1.807, 2.05) is 0 Å². The van der Waals surface area contributed by atoms with Gasteiger partial charge in [-0.25, -0.2) is 0 Å². The predicted octanol–water partition coefficient (Wildman–Crippen LogP) is 9.53. The molecule has 3 nitrogen and oxygen atoms in total. The highest BCUT2D eigenvalue weighted by Crippen LogP contribution is 2.17. The van der Waals surface area contributed by atoms with Crippen LogP contribution in [-0.2, 0) is 0 Å². The number of rotatable bonds is 16. The number of diazo groups is 1. The van der Waals surface area contributed by atoms with Gasteiger partial charge in [-0.1, -0.05) is 103 Å². The van der Waals surface area contributed by atoms with Crippen molar-refractivity contribution in [3.63, 3.8) is 0 Å². The van der Waals surface area contributed by atoms with Crippen LogP contribution in [0.15, 0.2) is 24.3 Å². The Kier molecular flexibility index (Phi) is 17.7. The van der Waals surface area contributed by atoms with E-state index in [0.717, 1.165) is 12.8 Å². The Labute approximate surface area is 184 Å². The van der Waals surface area contributed by atoms with Gasteiger partial charge in [0.25, 0.3) is 0 Å². The van der Waals surface area contributed by atoms with E-state index in [4.69, 9.17) is 5.39 Å². The van der Waals surface area contributed by atoms with Crippen LogP contribution in [0.3, 0.4) is 0 Å². The minimum absolute atomic E-state index is 0.148. The minimum atomic E-state index is -6.00. The van der Waals surface area contributed by atoms with Crippen molar-refractivity contribution in [2.75, 3.05) is 0 Å². The standard InChI is InChI=1S/C23H37N2O.BF4/c1-2-3-4-5-6-7-8-9-10-11-12-13-14-15-19-23(26)21-17-16-18-22(20-21)25-24;2-1(3,4)5/h16-18,20H,2-15,19H2,1H3;/q+1;-1. The van der Waals surface area contributed by atoms with Gasteiger partial charge in [0.05, 0.1) is 0 Å². The van der Waals surface area contributed by atoms with Crippen LogP contribution in [0.5, 0.6) is 0 Å². The molecule has 0 aliphatic carbocycles. The number of unbranched alkanes of at least 4 members (excludes halogenated alkanes) is 13. The zero-order chi connectivity index (χ0) is 23.4. The van der Waals surface area contributed by atoms with E-state index < -0.39 is 7.25 Å². The Morgan fingerprint density at radius 2 is 1.23 bits per heavy atom. The topological polar surface area (TPSA) is 45.2 Å². The normalized spacial score (nSPS) is 10.8. The van der Waals surface area contributed by atoms with Crippen molar-refractivity contribution in [1.82, 2.24) is 0 Å². The van der Waals surface area contributed by atoms with Crippen molar-refractivity contribution in [2.45, 2.75) is 103 Å². The molecule has 1 aromatic carbocycles. The van der Waals surface area contributed by atoms with Gasteiger partial charge in [-0.2, -0.15) is 0 Å². The highest BCUT2D eigenvalue weighted by atomic mass is 19.5. The molecule has 0 amide bonds. The summed E-state index contributed by atoms with van der Waals surface area (Å²) in [5.41, 5.74) is 1.09. The summed E-state index contributed by atoms with van der Waals surface area (Å²) in [5, 5.41) is 8.77. The number of carbonyl (C=O) groups is 1. The molecule has 0 aromatic heterocycles. The number of hydrogen-bond donors (Lipinski definition) is 0. The van der Waals surface area contributed by atoms with Crippen molar-refractivity contribution in [2.24, 2.45) is 0 Å². The molecule has 0 atom stereocenters. The zero-order valence-corrected chi connectivity index (χ0v) is 18.8. The molecule has 0 N–H and O–H groups in total. The van der Waals surface area contributed by atoms with Crippen molar-refractivity contribution in [3.8, 4) is 0 Å². The monoisotopic (exact) mass is 444 g/mol. The van der Waals surface area contributed by atoms with E-state index in [9.17, 15) is 22.1 Å². The number of ketones is 1. The smallest absolute Gasteiger partial charge is 0.418 e. The van der Waals surface area contributed by atoms with Crippen molar-refractivity contribution in [1.29, 1.82) is 5.39 Å². The molecule has 1 aromatic rings. The molecular formula is C23H37BF4N2O. The van der Waals surface area contributed by atoms with E-state index >= 15 is 0 Å². The maximum Gasteiger partial charge on any atom is 0.673 e. The van der Waals surface area contributed by atoms with Gasteiger partial charge >= 0.3 is 12.9 Å². The van der Waals surface area contributed by atoms with E-state index in [-0.39, 0.29) is 5.78 Å². The summed E-state index contributed by atoms with van der Waals surface area (Å²) < 4.78 is 39.0. The Hall–Kier alpha value is -1.91. The van der Waals surface area contributed by atoms with Crippen LogP contribution >= 0.6 is 0 Å². The molecule has 0 saturated heterocycles. The average molecular weight is 444 g/mol. The first-order valence-electron chi connectivity index (χ1n) is 11.6. The van der Waals surface area contributed by atoms with Crippen molar-refractivity contribution < 1.29 is 22.1 Å². The third kappa shape index (κ3) is 21.1. The van der Waals surface area contributed by atoms with Crippen LogP contribution in [0, 0.1) is 5.39 Å². The molecule has 0 heterocycles. The van der Waals surface area contributed by atoms with Crippen LogP contribution in [-0.4, -0.2) is 13.0 Å². The Bertz CT molecular complexity index is 627. The largest absolute Gasteiger partial charge is 0.673 e. The van der Waals surface area contributed by atoms with Gasteiger partial charge in [0.2, 0.25) is 5.39 Å². The Balaban J connectivity index is 0.00000161. The van der Waals surface area contributed by atoms with Gasteiger partial charge < -0.3 is 17.3 Å². The van der Waals surface area contributed by atoms with Crippen LogP contribution in [0.25, 0.3) is 4.98 Å². The molecule has 31 heavy (non-hydrogen) atoms. The second-order valence-corrected chi connectivity index (χ2v) is 7.91. The maximum atomic E-state index is 12.1. The van der Waals surface area contributed by atoms with Crippen LogP contribution in [0.4, 0.5) is 23.0 Å². The fourth-order valence-electron chi connectivity index (χ4n) is 3.37. The summed E-state index contributed by atoms with van der Waals surface area (Å²) in [6, 6.07) is 6.88. The molecule has 0 fully saturated rings. The Morgan fingerprint density at radius 3 is 1.65 bits per heavy atom. The van der Waals surface area contributed by atoms with Gasteiger partial charge in [0.15, 0.2) is 10.8 Å². The number of halogens is 4. The van der Waals surface area contributed by atoms with Gasteiger partial charge in [-0.05, 0) is 6.42 Å². The molecular weight excluding hydrogens is 407 g/mol. The molecule has 0 spiro atoms. The third-order valence-electron chi connectivity index (χ3n) is 5.04. The molecule has 0 saturated carbocycles. The highest BCUT2D eigenvalue weighted by molar-refractivity contribution is 6.50. The maximum absolute atomic E-state index is 12.1. The lowest BCUT2D eigenvalue weighted by Crippen LogP contribution is -2.02. The lowest BCUT2D eigenvalue weighted by molar-refractivity contribution is 0.0979. The second kappa shape index (κ2) is 18.8.